The summed E-state index contributed by atoms with van der Waals surface area (Å²) < 4.78 is 32.9. The number of hydrogen-bond acceptors (Lipinski definition) is 7. The van der Waals surface area contributed by atoms with Gasteiger partial charge in [0.1, 0.15) is 6.61 Å². The molecular formula is C39H76NO7P. The zero-order valence-electron chi connectivity index (χ0n) is 31.2. The molecule has 0 aliphatic carbocycles. The average Bonchev–Trinajstić information content (AvgIpc) is 3.07. The van der Waals surface area contributed by atoms with Crippen LogP contribution in [0.3, 0.4) is 0 Å². The number of phosphoric ester groups is 1. The number of carbonyl (C=O) groups is 1. The fraction of sp³-hybridized carbons (Fsp3) is 0.872. The molecule has 0 aliphatic rings. The molecule has 0 rings (SSSR count). The molecule has 1 unspecified atom stereocenters. The molecule has 0 amide bonds. The molecule has 0 fully saturated rings. The second-order valence-electron chi connectivity index (χ2n) is 13.3. The minimum absolute atomic E-state index is 0.00424. The molecule has 0 spiro atoms. The number of esters is 1. The zero-order valence-corrected chi connectivity index (χ0v) is 32.1. The number of carbonyl (C=O) groups excluding carboxylic acids is 1. The first kappa shape index (κ1) is 46.8. The third-order valence-electron chi connectivity index (χ3n) is 8.51. The normalized spacial score (nSPS) is 13.8. The third-order valence-corrected chi connectivity index (χ3v) is 9.49. The summed E-state index contributed by atoms with van der Waals surface area (Å²) in [7, 11) is -4.30. The Kier molecular flexibility index (Phi) is 36.2. The van der Waals surface area contributed by atoms with E-state index >= 15 is 0 Å². The maximum Gasteiger partial charge on any atom is 0.472 e. The van der Waals surface area contributed by atoms with E-state index in [1.165, 1.54) is 147 Å². The van der Waals surface area contributed by atoms with Crippen molar-refractivity contribution < 1.29 is 32.8 Å². The van der Waals surface area contributed by atoms with E-state index in [0.29, 0.717) is 0 Å². The summed E-state index contributed by atoms with van der Waals surface area (Å²) in [6, 6.07) is 0. The zero-order chi connectivity index (χ0) is 35.2. The predicted octanol–water partition coefficient (Wildman–Crippen LogP) is 11.6. The quantitative estimate of drug-likeness (QED) is 0.0215. The lowest BCUT2D eigenvalue weighted by Gasteiger charge is -2.18. The summed E-state index contributed by atoms with van der Waals surface area (Å²) in [6.07, 6.45) is 40.4. The topological polar surface area (TPSA) is 117 Å². The van der Waals surface area contributed by atoms with Gasteiger partial charge in [-0.25, -0.2) is 9.36 Å². The van der Waals surface area contributed by atoms with E-state index in [1.807, 2.05) is 12.2 Å². The van der Waals surface area contributed by atoms with Gasteiger partial charge < -0.3 is 20.1 Å². The Balaban J connectivity index is 4.17. The highest BCUT2D eigenvalue weighted by Crippen LogP contribution is 2.43. The van der Waals surface area contributed by atoms with Gasteiger partial charge in [-0.15, -0.1) is 0 Å². The van der Waals surface area contributed by atoms with Gasteiger partial charge in [-0.2, -0.15) is 0 Å². The lowest BCUT2D eigenvalue weighted by Crippen LogP contribution is -2.27. The highest BCUT2D eigenvalue weighted by atomic mass is 31.2. The number of phosphoric acid groups is 1. The Bertz CT molecular complexity index is 792. The van der Waals surface area contributed by atoms with Crippen molar-refractivity contribution in [1.29, 1.82) is 0 Å². The number of ether oxygens (including phenoxy) is 2. The van der Waals surface area contributed by atoms with Gasteiger partial charge in [-0.05, 0) is 31.8 Å². The minimum Gasteiger partial charge on any atom is -0.498 e. The molecule has 48 heavy (non-hydrogen) atoms. The van der Waals surface area contributed by atoms with E-state index < -0.39 is 19.9 Å². The predicted molar refractivity (Wildman–Crippen MR) is 201 cm³/mol. The Hall–Kier alpha value is -1.18. The van der Waals surface area contributed by atoms with Crippen molar-refractivity contribution >= 4 is 13.8 Å². The van der Waals surface area contributed by atoms with E-state index in [4.69, 9.17) is 24.3 Å². The molecule has 0 radical (unpaired) electrons. The molecule has 0 saturated heterocycles. The smallest absolute Gasteiger partial charge is 0.472 e. The van der Waals surface area contributed by atoms with Crippen LogP contribution in [0.15, 0.2) is 24.5 Å². The Morgan fingerprint density at radius 3 is 1.48 bits per heavy atom. The van der Waals surface area contributed by atoms with Crippen LogP contribution in [0.4, 0.5) is 0 Å². The number of rotatable bonds is 38. The van der Waals surface area contributed by atoms with Crippen LogP contribution < -0.4 is 5.73 Å². The van der Waals surface area contributed by atoms with Gasteiger partial charge in [0.15, 0.2) is 6.10 Å². The lowest BCUT2D eigenvalue weighted by molar-refractivity contribution is -0.147. The third kappa shape index (κ3) is 36.1. The van der Waals surface area contributed by atoms with E-state index in [0.717, 1.165) is 32.1 Å². The minimum atomic E-state index is -4.30. The van der Waals surface area contributed by atoms with Crippen molar-refractivity contribution in [2.75, 3.05) is 26.4 Å². The molecule has 3 N–H and O–H groups in total. The van der Waals surface area contributed by atoms with E-state index in [-0.39, 0.29) is 26.4 Å². The number of hydrogen-bond donors (Lipinski definition) is 2. The second-order valence-corrected chi connectivity index (χ2v) is 14.7. The summed E-state index contributed by atoms with van der Waals surface area (Å²) in [5.74, 6) is -0.530. The molecule has 8 nitrogen and oxygen atoms in total. The van der Waals surface area contributed by atoms with Crippen LogP contribution >= 0.6 is 7.82 Å². The van der Waals surface area contributed by atoms with Crippen LogP contribution in [-0.4, -0.2) is 43.3 Å². The van der Waals surface area contributed by atoms with Gasteiger partial charge in [0.25, 0.3) is 0 Å². The van der Waals surface area contributed by atoms with Gasteiger partial charge in [-0.3, -0.25) is 9.05 Å². The Labute approximate surface area is 296 Å². The van der Waals surface area contributed by atoms with Gasteiger partial charge in [0.05, 0.1) is 19.5 Å². The standard InChI is InChI=1S/C39H76NO7P/c1-3-5-7-9-11-13-15-17-19-20-22-24-26-28-30-32-39(41)47-38(37-46-48(42,43)45-35-33-40)36-44-34-31-29-27-25-23-21-18-16-14-12-10-8-6-4-2/h30-32,34,38H,3-29,33,35-37,40H2,1-2H3,(H,42,43)/t38-/m1/s1. The first-order valence-electron chi connectivity index (χ1n) is 19.9. The largest absolute Gasteiger partial charge is 0.498 e. The molecule has 284 valence electrons. The van der Waals surface area contributed by atoms with Gasteiger partial charge in [0.2, 0.25) is 0 Å². The van der Waals surface area contributed by atoms with Gasteiger partial charge in [0, 0.05) is 12.6 Å². The molecule has 0 aliphatic heterocycles. The first-order valence-corrected chi connectivity index (χ1v) is 21.4. The molecule has 0 aromatic carbocycles. The highest BCUT2D eigenvalue weighted by Gasteiger charge is 2.24. The lowest BCUT2D eigenvalue weighted by atomic mass is 10.0. The number of unbranched alkanes of at least 4 members (excludes halogenated alkanes) is 25. The summed E-state index contributed by atoms with van der Waals surface area (Å²) >= 11 is 0. The fourth-order valence-corrected chi connectivity index (χ4v) is 6.33. The van der Waals surface area contributed by atoms with Crippen LogP contribution in [0.1, 0.15) is 187 Å². The maximum absolute atomic E-state index is 12.4. The maximum atomic E-state index is 12.4. The van der Waals surface area contributed by atoms with E-state index in [9.17, 15) is 14.3 Å². The molecule has 2 atom stereocenters. The Morgan fingerprint density at radius 1 is 0.625 bits per heavy atom. The van der Waals surface area contributed by atoms with Crippen LogP contribution in [0.2, 0.25) is 0 Å². The molecule has 0 aromatic rings. The molecular weight excluding hydrogens is 625 g/mol. The summed E-state index contributed by atoms with van der Waals surface area (Å²) in [5, 5.41) is 0. The van der Waals surface area contributed by atoms with E-state index in [1.54, 1.807) is 6.26 Å². The van der Waals surface area contributed by atoms with Crippen molar-refractivity contribution in [3.63, 3.8) is 0 Å². The molecule has 0 saturated carbocycles. The number of allylic oxidation sites excluding steroid dienone is 2. The van der Waals surface area contributed by atoms with E-state index in [2.05, 4.69) is 13.8 Å². The number of nitrogens with two attached hydrogens (primary N) is 1. The summed E-state index contributed by atoms with van der Waals surface area (Å²) in [6.45, 7) is 4.17. The fourth-order valence-electron chi connectivity index (χ4n) is 5.56. The van der Waals surface area contributed by atoms with Crippen molar-refractivity contribution in [1.82, 2.24) is 0 Å². The molecule has 0 heterocycles. The second kappa shape index (κ2) is 37.1. The average molecular weight is 702 g/mol. The van der Waals surface area contributed by atoms with Crippen molar-refractivity contribution in [3.8, 4) is 0 Å². The van der Waals surface area contributed by atoms with Gasteiger partial charge >= 0.3 is 13.8 Å². The van der Waals surface area contributed by atoms with Crippen LogP contribution in [0.25, 0.3) is 0 Å². The summed E-state index contributed by atoms with van der Waals surface area (Å²) in [4.78, 5) is 22.3. The van der Waals surface area contributed by atoms with Crippen molar-refractivity contribution in [2.24, 2.45) is 5.73 Å². The van der Waals surface area contributed by atoms with Crippen molar-refractivity contribution in [2.45, 2.75) is 193 Å². The summed E-state index contributed by atoms with van der Waals surface area (Å²) in [5.41, 5.74) is 5.34. The monoisotopic (exact) mass is 702 g/mol. The van der Waals surface area contributed by atoms with Crippen molar-refractivity contribution in [3.05, 3.63) is 24.5 Å². The highest BCUT2D eigenvalue weighted by molar-refractivity contribution is 7.47. The first-order chi connectivity index (χ1) is 23.4. The molecule has 9 heteroatoms. The van der Waals surface area contributed by atoms with Gasteiger partial charge in [-0.1, -0.05) is 168 Å². The van der Waals surface area contributed by atoms with Crippen LogP contribution in [0, 0.1) is 0 Å². The SMILES string of the molecule is CCCCCCCCCCCCCCC=COC[C@H](COP(=O)(O)OCCN)OC(=O)C=CCCCCCCCCCCCCCCC. The van der Waals surface area contributed by atoms with Crippen LogP contribution in [0.5, 0.6) is 0 Å². The molecule has 0 aromatic heterocycles. The van der Waals surface area contributed by atoms with Crippen LogP contribution in [-0.2, 0) is 27.9 Å². The Morgan fingerprint density at radius 2 is 1.04 bits per heavy atom. The molecule has 0 bridgehead atoms.